The Labute approximate surface area is 498 Å². The lowest BCUT2D eigenvalue weighted by molar-refractivity contribution is -0.146. The first kappa shape index (κ1) is 62.0. The lowest BCUT2D eigenvalue weighted by Crippen LogP contribution is -2.56. The summed E-state index contributed by atoms with van der Waals surface area (Å²) in [5, 5.41) is 56.9. The van der Waals surface area contributed by atoms with Crippen molar-refractivity contribution >= 4 is 47.8 Å². The molecule has 26 heteroatoms. The Hall–Kier alpha value is -8.58. The highest BCUT2D eigenvalue weighted by molar-refractivity contribution is 5.97. The molecule has 10 rings (SSSR count). The number of alkyl carbamates (subject to hydrolysis) is 2. The Bertz CT molecular complexity index is 2980. The average molecular weight is 1190 g/mol. The van der Waals surface area contributed by atoms with Crippen molar-refractivity contribution in [2.24, 2.45) is 11.8 Å². The van der Waals surface area contributed by atoms with Crippen molar-refractivity contribution < 1.29 is 58.0 Å². The van der Waals surface area contributed by atoms with E-state index in [9.17, 15) is 48.6 Å². The van der Waals surface area contributed by atoms with Gasteiger partial charge in [0.1, 0.15) is 46.4 Å². The summed E-state index contributed by atoms with van der Waals surface area (Å²) in [7, 11) is 0. The number of nitrogens with zero attached hydrogens (tertiary/aromatic N) is 10. The minimum absolute atomic E-state index is 0.0808. The van der Waals surface area contributed by atoms with Crippen LogP contribution in [0.1, 0.15) is 144 Å². The number of ether oxygens (including phenoxy) is 2. The first-order chi connectivity index (χ1) is 40.9. The number of carboxylic acids is 2. The molecule has 6 heterocycles. The van der Waals surface area contributed by atoms with Crippen LogP contribution in [0.25, 0.3) is 22.8 Å². The number of amides is 6. The predicted octanol–water partition coefficient (Wildman–Crippen LogP) is 5.71. The van der Waals surface area contributed by atoms with E-state index in [2.05, 4.69) is 52.1 Å². The molecule has 26 nitrogen and oxygen atoms in total. The first-order valence-corrected chi connectivity index (χ1v) is 29.7. The van der Waals surface area contributed by atoms with Crippen molar-refractivity contribution in [1.29, 1.82) is 0 Å². The van der Waals surface area contributed by atoms with Crippen molar-refractivity contribution in [3.05, 3.63) is 85.0 Å². The zero-order valence-corrected chi connectivity index (χ0v) is 49.5. The molecule has 2 saturated heterocycles. The van der Waals surface area contributed by atoms with Gasteiger partial charge < -0.3 is 50.8 Å². The molecule has 2 aromatic carbocycles. The summed E-state index contributed by atoms with van der Waals surface area (Å²) in [4.78, 5) is 111. The minimum Gasteiger partial charge on any atom is -0.479 e. The smallest absolute Gasteiger partial charge is 0.408 e. The third kappa shape index (κ3) is 14.9. The molecular formula is C60H78N14O12. The number of rotatable bonds is 8. The summed E-state index contributed by atoms with van der Waals surface area (Å²) in [5.74, 6) is -4.08. The molecule has 10 atom stereocenters. The number of nitrogens with one attached hydrogen (secondary N) is 4. The van der Waals surface area contributed by atoms with E-state index in [0.29, 0.717) is 37.3 Å². The Morgan fingerprint density at radius 2 is 0.953 bits per heavy atom. The maximum Gasteiger partial charge on any atom is 0.408 e. The highest BCUT2D eigenvalue weighted by atomic mass is 16.6. The van der Waals surface area contributed by atoms with Gasteiger partial charge >= 0.3 is 24.1 Å². The van der Waals surface area contributed by atoms with Gasteiger partial charge in [-0.25, -0.2) is 19.2 Å². The van der Waals surface area contributed by atoms with Crippen LogP contribution in [0.3, 0.4) is 0 Å². The molecule has 0 unspecified atom stereocenters. The molecular weight excluding hydrogens is 1110 g/mol. The Morgan fingerprint density at radius 1 is 0.570 bits per heavy atom. The molecule has 6 aliphatic rings. The van der Waals surface area contributed by atoms with Crippen molar-refractivity contribution in [1.82, 2.24) is 71.5 Å². The van der Waals surface area contributed by atoms with E-state index < -0.39 is 106 Å². The Morgan fingerprint density at radius 3 is 1.31 bits per heavy atom. The highest BCUT2D eigenvalue weighted by Gasteiger charge is 2.63. The van der Waals surface area contributed by atoms with Gasteiger partial charge in [-0.2, -0.15) is 9.59 Å². The highest BCUT2D eigenvalue weighted by Crippen LogP contribution is 2.47. The third-order valence-electron chi connectivity index (χ3n) is 16.2. The van der Waals surface area contributed by atoms with Gasteiger partial charge in [-0.15, -0.1) is 20.4 Å². The number of benzene rings is 2. The fourth-order valence-corrected chi connectivity index (χ4v) is 11.6. The molecule has 4 aliphatic heterocycles. The normalized spacial score (nSPS) is 28.9. The van der Waals surface area contributed by atoms with Crippen LogP contribution in [-0.4, -0.2) is 168 Å². The van der Waals surface area contributed by atoms with Gasteiger partial charge in [0.25, 0.3) is 0 Å². The molecule has 6 N–H and O–H groups in total. The van der Waals surface area contributed by atoms with Crippen molar-refractivity contribution in [2.75, 3.05) is 13.1 Å². The Kier molecular flexibility index (Phi) is 18.7. The van der Waals surface area contributed by atoms with Crippen molar-refractivity contribution in [2.45, 2.75) is 190 Å². The summed E-state index contributed by atoms with van der Waals surface area (Å²) in [6.07, 6.45) is 14.0. The van der Waals surface area contributed by atoms with E-state index in [1.165, 1.54) is 19.4 Å². The van der Waals surface area contributed by atoms with E-state index in [-0.39, 0.29) is 50.6 Å². The van der Waals surface area contributed by atoms with Gasteiger partial charge in [-0.1, -0.05) is 111 Å². The van der Waals surface area contributed by atoms with Crippen molar-refractivity contribution in [3.63, 3.8) is 0 Å². The van der Waals surface area contributed by atoms with E-state index in [1.54, 1.807) is 41.5 Å². The molecule has 86 heavy (non-hydrogen) atoms. The van der Waals surface area contributed by atoms with Gasteiger partial charge in [0, 0.05) is 48.9 Å². The van der Waals surface area contributed by atoms with Crippen LogP contribution in [0.4, 0.5) is 9.59 Å². The summed E-state index contributed by atoms with van der Waals surface area (Å²) >= 11 is 0. The molecule has 4 aromatic rings. The number of carbonyl (C=O) groups excluding carboxylic acids is 6. The number of carboxylic acid groups (broad SMARTS) is 2. The van der Waals surface area contributed by atoms with Crippen LogP contribution in [0, 0.1) is 11.8 Å². The number of hydrogen-bond donors (Lipinski definition) is 6. The molecule has 2 aliphatic carbocycles. The van der Waals surface area contributed by atoms with Crippen LogP contribution >= 0.6 is 0 Å². The molecule has 0 radical (unpaired) electrons. The van der Waals surface area contributed by atoms with Gasteiger partial charge in [-0.05, 0) is 103 Å². The number of aromatic nitrogens is 8. The van der Waals surface area contributed by atoms with E-state index in [0.717, 1.165) is 49.7 Å². The average Bonchev–Trinajstić information content (AvgIpc) is 1.67. The fourth-order valence-electron chi connectivity index (χ4n) is 11.6. The molecule has 2 aromatic heterocycles. The quantitative estimate of drug-likeness (QED) is 0.115. The third-order valence-corrected chi connectivity index (χ3v) is 16.2. The number of allylic oxidation sites excluding steroid dienone is 2. The molecule has 0 bridgehead atoms. The van der Waals surface area contributed by atoms with Gasteiger partial charge in [-0.3, -0.25) is 19.2 Å². The first-order valence-electron chi connectivity index (χ1n) is 29.7. The number of hydrogen-bond acceptors (Lipinski definition) is 16. The summed E-state index contributed by atoms with van der Waals surface area (Å²) in [5.41, 5.74) is -2.81. The molecule has 2 saturated carbocycles. The van der Waals surface area contributed by atoms with Crippen molar-refractivity contribution in [3.8, 4) is 22.8 Å². The molecule has 0 spiro atoms. The zero-order valence-electron chi connectivity index (χ0n) is 49.5. The minimum atomic E-state index is -1.42. The van der Waals surface area contributed by atoms with Crippen LogP contribution in [0.2, 0.25) is 0 Å². The SMILES string of the molecule is CC(C)(C)OC(=O)N[C@@H]1CCCCC/C=C\[C@@H]2C[C@]2(C(=O)O)NC(=O)[C@@H]2C[C@H](n3nnc(-c4ccccc4)n3)CN2C1=O.CC(C)(C)OC(=O)N[C@@H]1CCCCC/C=C\[C@@H]2C[C@]2(C(=O)O)NC(=O)[C@@H]2C[C@H](n3nnc(-c4ccccc4)n3)CN2C1=O. The van der Waals surface area contributed by atoms with Gasteiger partial charge in [0.2, 0.25) is 35.3 Å². The second-order valence-electron chi connectivity index (χ2n) is 25.1. The van der Waals surface area contributed by atoms with Gasteiger partial charge in [0.15, 0.2) is 0 Å². The number of carbonyl (C=O) groups is 8. The monoisotopic (exact) mass is 1190 g/mol. The summed E-state index contributed by atoms with van der Waals surface area (Å²) < 4.78 is 10.9. The summed E-state index contributed by atoms with van der Waals surface area (Å²) in [6, 6.07) is 13.8. The number of fused-ring (bicyclic) bond motifs is 4. The maximum atomic E-state index is 14.1. The summed E-state index contributed by atoms with van der Waals surface area (Å²) in [6.45, 7) is 10.6. The predicted molar refractivity (Wildman–Crippen MR) is 309 cm³/mol. The molecule has 460 valence electrons. The second-order valence-corrected chi connectivity index (χ2v) is 25.1. The van der Waals surface area contributed by atoms with Crippen LogP contribution in [0.5, 0.6) is 0 Å². The number of aliphatic carboxylic acids is 2. The van der Waals surface area contributed by atoms with Crippen LogP contribution in [0.15, 0.2) is 85.0 Å². The maximum absolute atomic E-state index is 14.1. The lowest BCUT2D eigenvalue weighted by atomic mass is 10.0. The fraction of sp³-hybridized carbons (Fsp3) is 0.567. The molecule has 4 fully saturated rings. The topological polar surface area (TPSA) is 337 Å². The standard InChI is InChI=1S/2C30H39N7O6/c2*1-29(2,3)43-28(42)31-22-15-11-6-4-5-10-14-20-17-30(20,27(40)41)32-25(38)23-16-21(18-36(23)26(22)39)37-34-24(33-35-37)19-12-8-7-9-13-19/h2*7-10,12-14,20-23H,4-6,11,15-18H2,1-3H3,(H,31,42)(H,32,38)(H,40,41)/b2*14-10-/t2*20-,21+,22-,23+,30+/m11/s1. The number of tetrazole rings is 2. The van der Waals surface area contributed by atoms with E-state index >= 15 is 0 Å². The van der Waals surface area contributed by atoms with E-state index in [4.69, 9.17) is 9.47 Å². The van der Waals surface area contributed by atoms with Gasteiger partial charge in [0.05, 0.1) is 12.1 Å². The largest absolute Gasteiger partial charge is 0.479 e. The lowest BCUT2D eigenvalue weighted by Gasteiger charge is -2.30. The van der Waals surface area contributed by atoms with E-state index in [1.807, 2.05) is 85.0 Å². The van der Waals surface area contributed by atoms with Crippen LogP contribution in [-0.2, 0) is 38.2 Å². The second kappa shape index (κ2) is 26.0. The molecule has 6 amide bonds. The Balaban J connectivity index is 0.000000205. The zero-order chi connectivity index (χ0) is 61.6. The van der Waals surface area contributed by atoms with Crippen LogP contribution < -0.4 is 21.3 Å².